The Morgan fingerprint density at radius 1 is 0.943 bits per heavy atom. The Kier molecular flexibility index (Phi) is 4.86. The molecule has 0 N–H and O–H groups in total. The number of ketones is 3. The number of halogens is 2. The third-order valence-corrected chi connectivity index (χ3v) is 8.24. The van der Waals surface area contributed by atoms with Crippen molar-refractivity contribution in [1.82, 2.24) is 0 Å². The van der Waals surface area contributed by atoms with Crippen molar-refractivity contribution in [1.29, 1.82) is 0 Å². The standard InChI is InChI=1S/C29H21Cl2NO3/c1-15-7-8-17-9-12-24-29(27(34)19-5-3-4-6-20(19)28(29)35)25(21-11-10-18(30)14-22(21)31)26(16(2)33)32(24)23(17)13-15/h3-14,24-26H,1-2H3/t24?,25-,26-/m0/s1. The van der Waals surface area contributed by atoms with Gasteiger partial charge < -0.3 is 4.90 Å². The maximum absolute atomic E-state index is 14.3. The maximum Gasteiger partial charge on any atom is 0.180 e. The van der Waals surface area contributed by atoms with E-state index in [1.54, 1.807) is 42.5 Å². The molecule has 1 aliphatic carbocycles. The summed E-state index contributed by atoms with van der Waals surface area (Å²) in [6.45, 7) is 3.50. The summed E-state index contributed by atoms with van der Waals surface area (Å²) in [7, 11) is 0. The van der Waals surface area contributed by atoms with Gasteiger partial charge in [0, 0.05) is 32.8 Å². The predicted molar refractivity (Wildman–Crippen MR) is 138 cm³/mol. The van der Waals surface area contributed by atoms with E-state index in [1.165, 1.54) is 6.92 Å². The lowest BCUT2D eigenvalue weighted by atomic mass is 9.64. The zero-order chi connectivity index (χ0) is 24.6. The highest BCUT2D eigenvalue weighted by Gasteiger charge is 2.71. The Labute approximate surface area is 213 Å². The zero-order valence-electron chi connectivity index (χ0n) is 19.1. The molecule has 35 heavy (non-hydrogen) atoms. The number of rotatable bonds is 2. The number of fused-ring (bicyclic) bond motifs is 5. The minimum Gasteiger partial charge on any atom is -0.352 e. The summed E-state index contributed by atoms with van der Waals surface area (Å²) in [5.74, 6) is -1.47. The molecular weight excluding hydrogens is 481 g/mol. The number of Topliss-reactive ketones (excluding diaryl/α,β-unsaturated/α-hetero) is 3. The van der Waals surface area contributed by atoms with Crippen LogP contribution < -0.4 is 4.90 Å². The first kappa shape index (κ1) is 22.3. The number of anilines is 1. The normalized spacial score (nSPS) is 23.4. The number of carbonyl (C=O) groups excluding carboxylic acids is 3. The lowest BCUT2D eigenvalue weighted by molar-refractivity contribution is -0.118. The Balaban J connectivity index is 1.71. The smallest absolute Gasteiger partial charge is 0.180 e. The highest BCUT2D eigenvalue weighted by molar-refractivity contribution is 6.36. The van der Waals surface area contributed by atoms with E-state index in [4.69, 9.17) is 23.2 Å². The molecule has 2 heterocycles. The van der Waals surface area contributed by atoms with Crippen molar-refractivity contribution in [3.05, 3.63) is 105 Å². The molecule has 0 radical (unpaired) electrons. The van der Waals surface area contributed by atoms with Crippen LogP contribution in [0.2, 0.25) is 10.0 Å². The third kappa shape index (κ3) is 2.84. The van der Waals surface area contributed by atoms with Gasteiger partial charge in [-0.2, -0.15) is 0 Å². The van der Waals surface area contributed by atoms with Gasteiger partial charge in [0.15, 0.2) is 17.3 Å². The summed E-state index contributed by atoms with van der Waals surface area (Å²) >= 11 is 12.9. The molecule has 0 amide bonds. The average Bonchev–Trinajstić information content (AvgIpc) is 3.26. The van der Waals surface area contributed by atoms with Gasteiger partial charge in [-0.25, -0.2) is 0 Å². The second-order valence-electron chi connectivity index (χ2n) is 9.55. The summed E-state index contributed by atoms with van der Waals surface area (Å²) in [6, 6.07) is 16.6. The van der Waals surface area contributed by atoms with Crippen molar-refractivity contribution in [2.24, 2.45) is 5.41 Å². The Bertz CT molecular complexity index is 1460. The molecule has 3 aliphatic rings. The Hall–Kier alpha value is -3.21. The van der Waals surface area contributed by atoms with Gasteiger partial charge in [0.2, 0.25) is 0 Å². The Morgan fingerprint density at radius 2 is 1.63 bits per heavy atom. The van der Waals surface area contributed by atoms with E-state index in [0.29, 0.717) is 26.7 Å². The van der Waals surface area contributed by atoms with Crippen LogP contribution in [0.5, 0.6) is 0 Å². The predicted octanol–water partition coefficient (Wildman–Crippen LogP) is 6.32. The first-order chi connectivity index (χ1) is 16.8. The van der Waals surface area contributed by atoms with Crippen molar-refractivity contribution >= 4 is 52.3 Å². The number of benzene rings is 3. The SMILES string of the molecule is CC(=O)[C@H]1[C@H](c2ccc(Cl)cc2Cl)C2(C(=O)c3ccccc3C2=O)C2C=Cc3ccc(C)cc3N21. The van der Waals surface area contributed by atoms with Gasteiger partial charge in [0.05, 0.1) is 12.1 Å². The monoisotopic (exact) mass is 501 g/mol. The summed E-state index contributed by atoms with van der Waals surface area (Å²) < 4.78 is 0. The van der Waals surface area contributed by atoms with E-state index < -0.39 is 23.4 Å². The molecule has 0 bridgehead atoms. The van der Waals surface area contributed by atoms with E-state index in [0.717, 1.165) is 16.8 Å². The third-order valence-electron chi connectivity index (χ3n) is 7.68. The van der Waals surface area contributed by atoms with Gasteiger partial charge in [0.1, 0.15) is 5.41 Å². The quantitative estimate of drug-likeness (QED) is 0.385. The van der Waals surface area contributed by atoms with Gasteiger partial charge >= 0.3 is 0 Å². The molecule has 1 saturated heterocycles. The molecule has 2 aliphatic heterocycles. The van der Waals surface area contributed by atoms with E-state index in [1.807, 2.05) is 42.2 Å². The van der Waals surface area contributed by atoms with E-state index in [9.17, 15) is 14.4 Å². The van der Waals surface area contributed by atoms with Crippen LogP contribution in [0.15, 0.2) is 66.7 Å². The van der Waals surface area contributed by atoms with E-state index in [-0.39, 0.29) is 17.3 Å². The molecule has 1 unspecified atom stereocenters. The second-order valence-corrected chi connectivity index (χ2v) is 10.4. The number of carbonyl (C=O) groups is 3. The van der Waals surface area contributed by atoms with Crippen molar-refractivity contribution in [2.45, 2.75) is 31.8 Å². The molecule has 6 rings (SSSR count). The topological polar surface area (TPSA) is 54.5 Å². The lowest BCUT2D eigenvalue weighted by Gasteiger charge is -2.37. The summed E-state index contributed by atoms with van der Waals surface area (Å²) in [5, 5.41) is 0.772. The fourth-order valence-electron chi connectivity index (χ4n) is 6.32. The van der Waals surface area contributed by atoms with Crippen molar-refractivity contribution in [3.8, 4) is 0 Å². The lowest BCUT2D eigenvalue weighted by Crippen LogP contribution is -2.48. The van der Waals surface area contributed by atoms with Crippen LogP contribution in [0.4, 0.5) is 5.69 Å². The molecule has 3 aromatic rings. The first-order valence-corrected chi connectivity index (χ1v) is 12.2. The molecule has 4 nitrogen and oxygen atoms in total. The molecule has 1 spiro atoms. The van der Waals surface area contributed by atoms with Crippen LogP contribution >= 0.6 is 23.2 Å². The van der Waals surface area contributed by atoms with Crippen molar-refractivity contribution in [3.63, 3.8) is 0 Å². The first-order valence-electron chi connectivity index (χ1n) is 11.5. The van der Waals surface area contributed by atoms with Gasteiger partial charge in [-0.3, -0.25) is 14.4 Å². The van der Waals surface area contributed by atoms with Gasteiger partial charge in [-0.1, -0.05) is 77.8 Å². The van der Waals surface area contributed by atoms with Crippen LogP contribution in [0.1, 0.15) is 50.2 Å². The van der Waals surface area contributed by atoms with Crippen LogP contribution in [-0.4, -0.2) is 29.4 Å². The van der Waals surface area contributed by atoms with Gasteiger partial charge in [-0.05, 0) is 48.7 Å². The number of hydrogen-bond acceptors (Lipinski definition) is 4. The molecule has 0 saturated carbocycles. The minimum atomic E-state index is -1.53. The summed E-state index contributed by atoms with van der Waals surface area (Å²) in [6.07, 6.45) is 3.85. The Morgan fingerprint density at radius 3 is 2.26 bits per heavy atom. The summed E-state index contributed by atoms with van der Waals surface area (Å²) in [4.78, 5) is 44.1. The molecule has 1 fully saturated rings. The molecular formula is C29H21Cl2NO3. The van der Waals surface area contributed by atoms with E-state index >= 15 is 0 Å². The average molecular weight is 502 g/mol. The van der Waals surface area contributed by atoms with Gasteiger partial charge in [0.25, 0.3) is 0 Å². The largest absolute Gasteiger partial charge is 0.352 e. The summed E-state index contributed by atoms with van der Waals surface area (Å²) in [5.41, 5.74) is 2.61. The maximum atomic E-state index is 14.3. The molecule has 0 aromatic heterocycles. The van der Waals surface area contributed by atoms with Crippen LogP contribution in [0.25, 0.3) is 6.08 Å². The number of aryl methyl sites for hydroxylation is 1. The van der Waals surface area contributed by atoms with Crippen LogP contribution in [-0.2, 0) is 4.79 Å². The highest BCUT2D eigenvalue weighted by atomic mass is 35.5. The number of hydrogen-bond donors (Lipinski definition) is 0. The molecule has 3 aromatic carbocycles. The van der Waals surface area contributed by atoms with Crippen LogP contribution in [0.3, 0.4) is 0 Å². The molecule has 3 atom stereocenters. The second kappa shape index (κ2) is 7.64. The number of nitrogens with zero attached hydrogens (tertiary/aromatic N) is 1. The molecule has 174 valence electrons. The van der Waals surface area contributed by atoms with Crippen molar-refractivity contribution in [2.75, 3.05) is 4.90 Å². The van der Waals surface area contributed by atoms with Crippen LogP contribution in [0, 0.1) is 12.3 Å². The van der Waals surface area contributed by atoms with E-state index in [2.05, 4.69) is 0 Å². The van der Waals surface area contributed by atoms with Crippen molar-refractivity contribution < 1.29 is 14.4 Å². The fourth-order valence-corrected chi connectivity index (χ4v) is 6.85. The zero-order valence-corrected chi connectivity index (χ0v) is 20.6. The minimum absolute atomic E-state index is 0.137. The van der Waals surface area contributed by atoms with Gasteiger partial charge in [-0.15, -0.1) is 0 Å². The highest BCUT2D eigenvalue weighted by Crippen LogP contribution is 2.61. The molecule has 6 heteroatoms. The fraction of sp³-hybridized carbons (Fsp3) is 0.207.